The van der Waals surface area contributed by atoms with E-state index in [0.29, 0.717) is 12.3 Å². The zero-order valence-electron chi connectivity index (χ0n) is 21.3. The molecule has 7 nitrogen and oxygen atoms in total. The molecule has 194 valence electrons. The van der Waals surface area contributed by atoms with Crippen LogP contribution in [0.25, 0.3) is 0 Å². The Bertz CT molecular complexity index is 1180. The fourth-order valence-electron chi connectivity index (χ4n) is 6.43. The second-order valence-electron chi connectivity index (χ2n) is 11.8. The van der Waals surface area contributed by atoms with Crippen molar-refractivity contribution in [3.8, 4) is 11.5 Å². The predicted octanol–water partition coefficient (Wildman–Crippen LogP) is 5.88. The van der Waals surface area contributed by atoms with Crippen LogP contribution in [0.5, 0.6) is 11.5 Å². The van der Waals surface area contributed by atoms with Crippen molar-refractivity contribution in [2.75, 3.05) is 5.32 Å². The maximum atomic E-state index is 13.9. The molecule has 3 fully saturated rings. The van der Waals surface area contributed by atoms with Crippen LogP contribution in [-0.4, -0.2) is 37.7 Å². The highest BCUT2D eigenvalue weighted by molar-refractivity contribution is 8.05. The number of amides is 1. The number of hydrogen-bond acceptors (Lipinski definition) is 6. The van der Waals surface area contributed by atoms with E-state index in [-0.39, 0.29) is 34.0 Å². The molecule has 0 aromatic heterocycles. The fraction of sp³-hybridized carbons (Fsp3) is 0.536. The summed E-state index contributed by atoms with van der Waals surface area (Å²) in [5.74, 6) is -2.44. The number of Topliss-reactive ketones (excluding diaryl/α,β-unsaturated/α-hetero) is 1. The van der Waals surface area contributed by atoms with Gasteiger partial charge in [-0.1, -0.05) is 45.9 Å². The average molecular weight is 514 g/mol. The Kier molecular flexibility index (Phi) is 6.56. The van der Waals surface area contributed by atoms with Crippen molar-refractivity contribution in [3.63, 3.8) is 0 Å². The fourth-order valence-corrected chi connectivity index (χ4v) is 7.71. The first-order valence-electron chi connectivity index (χ1n) is 12.4. The summed E-state index contributed by atoms with van der Waals surface area (Å²) in [4.78, 5) is 39.0. The van der Waals surface area contributed by atoms with E-state index in [4.69, 9.17) is 0 Å². The Hall–Kier alpha value is -2.74. The van der Waals surface area contributed by atoms with Crippen LogP contribution >= 0.6 is 11.8 Å². The standard InChI is InChI=1S/C28H35NO6S/c1-15-13-28-11-8-16(15)12-20(28)27(5,24(33)19(14-28)36-26(2,3)4)10-9-21(31)29-22-18(30)7-6-17(23(22)32)25(34)35/h6-7,14,16,20,30,32H,1,8-13H2,2-5H3,(H,29,31)(H,34,35)/t16-,20+,27+,28-/m1/s1. The van der Waals surface area contributed by atoms with Gasteiger partial charge >= 0.3 is 5.97 Å². The average Bonchev–Trinajstić information content (AvgIpc) is 2.77. The van der Waals surface area contributed by atoms with Crippen LogP contribution in [0.2, 0.25) is 0 Å². The molecule has 4 atom stereocenters. The third-order valence-electron chi connectivity index (χ3n) is 8.17. The number of thioether (sulfide) groups is 1. The molecule has 8 heteroatoms. The van der Waals surface area contributed by atoms with Crippen LogP contribution in [0.3, 0.4) is 0 Å². The molecule has 0 aliphatic heterocycles. The highest BCUT2D eigenvalue weighted by atomic mass is 32.2. The minimum atomic E-state index is -1.38. The van der Waals surface area contributed by atoms with Crippen LogP contribution in [0, 0.1) is 22.7 Å². The van der Waals surface area contributed by atoms with E-state index in [1.54, 1.807) is 11.8 Å². The third kappa shape index (κ3) is 4.56. The van der Waals surface area contributed by atoms with Gasteiger partial charge in [0.05, 0.1) is 0 Å². The second-order valence-corrected chi connectivity index (χ2v) is 13.6. The van der Waals surface area contributed by atoms with E-state index < -0.39 is 34.4 Å². The molecule has 1 amide bonds. The molecule has 2 bridgehead atoms. The minimum Gasteiger partial charge on any atom is -0.506 e. The molecule has 0 heterocycles. The van der Waals surface area contributed by atoms with Gasteiger partial charge in [0, 0.05) is 21.5 Å². The van der Waals surface area contributed by atoms with Gasteiger partial charge in [-0.15, -0.1) is 11.8 Å². The number of carboxylic acids is 1. The summed E-state index contributed by atoms with van der Waals surface area (Å²) >= 11 is 1.58. The lowest BCUT2D eigenvalue weighted by Gasteiger charge is -2.60. The summed E-state index contributed by atoms with van der Waals surface area (Å²) in [7, 11) is 0. The highest BCUT2D eigenvalue weighted by Crippen LogP contribution is 2.66. The summed E-state index contributed by atoms with van der Waals surface area (Å²) in [5.41, 5.74) is -0.385. The quantitative estimate of drug-likeness (QED) is 0.276. The number of hydrogen-bond donors (Lipinski definition) is 4. The lowest BCUT2D eigenvalue weighted by atomic mass is 9.44. The third-order valence-corrected chi connectivity index (χ3v) is 9.31. The monoisotopic (exact) mass is 513 g/mol. The molecule has 0 unspecified atom stereocenters. The maximum Gasteiger partial charge on any atom is 0.339 e. The van der Waals surface area contributed by atoms with Crippen LogP contribution < -0.4 is 5.32 Å². The smallest absolute Gasteiger partial charge is 0.339 e. The molecule has 1 aromatic carbocycles. The summed E-state index contributed by atoms with van der Waals surface area (Å²) < 4.78 is -0.143. The lowest BCUT2D eigenvalue weighted by molar-refractivity contribution is -0.136. The van der Waals surface area contributed by atoms with Crippen molar-refractivity contribution >= 4 is 35.1 Å². The number of phenols is 2. The van der Waals surface area contributed by atoms with Crippen molar-refractivity contribution < 1.29 is 29.7 Å². The maximum absolute atomic E-state index is 13.9. The number of phenolic OH excluding ortho intramolecular Hbond substituents is 1. The van der Waals surface area contributed by atoms with Gasteiger partial charge in [-0.05, 0) is 61.5 Å². The molecular formula is C28H35NO6S. The molecule has 5 rings (SSSR count). The molecular weight excluding hydrogens is 478 g/mol. The molecule has 4 aliphatic carbocycles. The summed E-state index contributed by atoms with van der Waals surface area (Å²) in [5, 5.41) is 32.1. The Morgan fingerprint density at radius 2 is 1.94 bits per heavy atom. The number of fused-ring (bicyclic) bond motifs is 2. The molecule has 1 aromatic rings. The lowest BCUT2D eigenvalue weighted by Crippen LogP contribution is -2.55. The molecule has 0 radical (unpaired) electrons. The Morgan fingerprint density at radius 3 is 2.56 bits per heavy atom. The Labute approximate surface area is 216 Å². The number of carbonyl (C=O) groups is 3. The van der Waals surface area contributed by atoms with Gasteiger partial charge < -0.3 is 20.6 Å². The predicted molar refractivity (Wildman–Crippen MR) is 140 cm³/mol. The SMILES string of the molecule is C=C1C[C@]23C=C(SC(C)(C)C)C(=O)[C@@](C)(CCC(=O)Nc4c(O)ccc(C(=O)O)c4O)[C@@H]2C[C@H]1CC3. The molecule has 1 spiro atoms. The molecule has 3 saturated carbocycles. The summed E-state index contributed by atoms with van der Waals surface area (Å²) in [6.07, 6.45) is 6.35. The van der Waals surface area contributed by atoms with Crippen LogP contribution in [0.4, 0.5) is 5.69 Å². The molecule has 4 aliphatic rings. The first-order chi connectivity index (χ1) is 16.7. The second kappa shape index (κ2) is 8.98. The van der Waals surface area contributed by atoms with Crippen LogP contribution in [0.1, 0.15) is 76.6 Å². The van der Waals surface area contributed by atoms with Gasteiger partial charge in [-0.3, -0.25) is 9.59 Å². The number of ketones is 1. The Balaban J connectivity index is 1.60. The van der Waals surface area contributed by atoms with Gasteiger partial charge in [0.25, 0.3) is 0 Å². The first kappa shape index (κ1) is 26.3. The van der Waals surface area contributed by atoms with Gasteiger partial charge in [-0.25, -0.2) is 4.79 Å². The number of aromatic hydroxyl groups is 2. The summed E-state index contributed by atoms with van der Waals surface area (Å²) in [6.45, 7) is 12.6. The topological polar surface area (TPSA) is 124 Å². The number of carboxylic acid groups (broad SMARTS) is 1. The minimum absolute atomic E-state index is 0.00984. The first-order valence-corrected chi connectivity index (χ1v) is 13.2. The molecule has 4 N–H and O–H groups in total. The normalized spacial score (nSPS) is 29.5. The zero-order valence-corrected chi connectivity index (χ0v) is 22.1. The Morgan fingerprint density at radius 1 is 1.25 bits per heavy atom. The van der Waals surface area contributed by atoms with Crippen molar-refractivity contribution in [1.29, 1.82) is 0 Å². The number of anilines is 1. The zero-order chi connectivity index (χ0) is 26.6. The van der Waals surface area contributed by atoms with Crippen molar-refractivity contribution in [1.82, 2.24) is 0 Å². The van der Waals surface area contributed by atoms with Crippen molar-refractivity contribution in [2.24, 2.45) is 22.7 Å². The van der Waals surface area contributed by atoms with E-state index in [1.165, 1.54) is 5.57 Å². The van der Waals surface area contributed by atoms with E-state index in [1.807, 2.05) is 6.92 Å². The number of allylic oxidation sites excluding steroid dienone is 3. The van der Waals surface area contributed by atoms with Crippen LogP contribution in [-0.2, 0) is 9.59 Å². The van der Waals surface area contributed by atoms with Crippen molar-refractivity contribution in [3.05, 3.63) is 40.8 Å². The number of carbonyl (C=O) groups excluding carboxylic acids is 2. The number of aromatic carboxylic acids is 1. The van der Waals surface area contributed by atoms with Gasteiger partial charge in [0.15, 0.2) is 11.5 Å². The highest BCUT2D eigenvalue weighted by Gasteiger charge is 2.60. The summed E-state index contributed by atoms with van der Waals surface area (Å²) in [6, 6.07) is 2.18. The van der Waals surface area contributed by atoms with Gasteiger partial charge in [0.2, 0.25) is 5.91 Å². The number of benzene rings is 1. The number of rotatable bonds is 6. The number of nitrogens with one attached hydrogen (secondary N) is 1. The largest absolute Gasteiger partial charge is 0.506 e. The van der Waals surface area contributed by atoms with E-state index in [9.17, 15) is 29.7 Å². The van der Waals surface area contributed by atoms with Gasteiger partial charge in [0.1, 0.15) is 17.0 Å². The van der Waals surface area contributed by atoms with E-state index in [0.717, 1.165) is 42.7 Å². The van der Waals surface area contributed by atoms with Crippen LogP contribution in [0.15, 0.2) is 35.3 Å². The molecule has 0 saturated heterocycles. The molecule has 36 heavy (non-hydrogen) atoms. The van der Waals surface area contributed by atoms with E-state index >= 15 is 0 Å². The van der Waals surface area contributed by atoms with E-state index in [2.05, 4.69) is 38.7 Å². The van der Waals surface area contributed by atoms with Crippen molar-refractivity contribution in [2.45, 2.75) is 71.0 Å². The van der Waals surface area contributed by atoms with Gasteiger partial charge in [-0.2, -0.15) is 0 Å².